The molecular weight excluding hydrogens is 244 g/mol. The zero-order valence-electron chi connectivity index (χ0n) is 11.0. The van der Waals surface area contributed by atoms with E-state index in [1.807, 2.05) is 23.1 Å². The number of fused-ring (bicyclic) bond motifs is 1. The molecule has 0 radical (unpaired) electrons. The molecule has 19 heavy (non-hydrogen) atoms. The van der Waals surface area contributed by atoms with Crippen molar-refractivity contribution >= 4 is 5.91 Å². The number of amides is 1. The Kier molecular flexibility index (Phi) is 3.06. The molecule has 0 saturated carbocycles. The van der Waals surface area contributed by atoms with Crippen molar-refractivity contribution < 1.29 is 14.3 Å². The van der Waals surface area contributed by atoms with Gasteiger partial charge in [0.25, 0.3) is 0 Å². The molecule has 3 rings (SSSR count). The predicted octanol–water partition coefficient (Wildman–Crippen LogP) is 1.08. The molecule has 5 nitrogen and oxygen atoms in total. The topological polar surface area (TPSA) is 64.8 Å². The number of nitrogens with two attached hydrogens (primary N) is 1. The quantitative estimate of drug-likeness (QED) is 0.822. The van der Waals surface area contributed by atoms with Gasteiger partial charge in [0, 0.05) is 32.0 Å². The van der Waals surface area contributed by atoms with E-state index in [2.05, 4.69) is 0 Å². The molecule has 1 aromatic carbocycles. The van der Waals surface area contributed by atoms with Crippen molar-refractivity contribution in [2.75, 3.05) is 19.9 Å². The molecule has 2 N–H and O–H groups in total. The molecule has 1 fully saturated rings. The normalized spacial score (nSPS) is 25.5. The highest BCUT2D eigenvalue weighted by Gasteiger charge is 2.29. The summed E-state index contributed by atoms with van der Waals surface area (Å²) in [5.41, 5.74) is 7.39. The molecule has 0 aromatic heterocycles. The lowest BCUT2D eigenvalue weighted by Gasteiger charge is -2.36. The van der Waals surface area contributed by atoms with Crippen LogP contribution >= 0.6 is 0 Å². The Hall–Kier alpha value is -1.75. The molecule has 2 atom stereocenters. The standard InChI is InChI=1S/C14H18N2O3/c1-9(17)16-5-4-11(12(15)7-16)10-2-3-13-14(6-10)19-8-18-13/h2-3,6,11-12H,4-5,7-8,15H2,1H3. The molecule has 1 amide bonds. The van der Waals surface area contributed by atoms with Gasteiger partial charge in [-0.1, -0.05) is 6.07 Å². The Balaban J connectivity index is 1.78. The van der Waals surface area contributed by atoms with Crippen LogP contribution in [0.4, 0.5) is 0 Å². The third kappa shape index (κ3) is 2.26. The number of likely N-dealkylation sites (tertiary alicyclic amines) is 1. The first-order chi connectivity index (χ1) is 9.15. The maximum absolute atomic E-state index is 11.4. The average molecular weight is 262 g/mol. The highest BCUT2D eigenvalue weighted by atomic mass is 16.7. The number of carbonyl (C=O) groups is 1. The van der Waals surface area contributed by atoms with Crippen LogP contribution in [0, 0.1) is 0 Å². The van der Waals surface area contributed by atoms with E-state index >= 15 is 0 Å². The van der Waals surface area contributed by atoms with Crippen molar-refractivity contribution in [1.82, 2.24) is 4.90 Å². The van der Waals surface area contributed by atoms with E-state index in [4.69, 9.17) is 15.2 Å². The van der Waals surface area contributed by atoms with E-state index in [0.29, 0.717) is 6.54 Å². The molecule has 2 aliphatic heterocycles. The molecule has 1 aromatic rings. The van der Waals surface area contributed by atoms with E-state index in [9.17, 15) is 4.79 Å². The number of benzene rings is 1. The van der Waals surface area contributed by atoms with Crippen LogP contribution in [-0.2, 0) is 4.79 Å². The number of nitrogens with zero attached hydrogens (tertiary/aromatic N) is 1. The zero-order valence-corrected chi connectivity index (χ0v) is 11.0. The van der Waals surface area contributed by atoms with E-state index in [0.717, 1.165) is 24.5 Å². The summed E-state index contributed by atoms with van der Waals surface area (Å²) in [4.78, 5) is 13.2. The van der Waals surface area contributed by atoms with Crippen LogP contribution in [0.5, 0.6) is 11.5 Å². The fourth-order valence-electron chi connectivity index (χ4n) is 2.83. The van der Waals surface area contributed by atoms with Crippen LogP contribution < -0.4 is 15.2 Å². The van der Waals surface area contributed by atoms with Crippen LogP contribution in [0.25, 0.3) is 0 Å². The zero-order chi connectivity index (χ0) is 13.4. The van der Waals surface area contributed by atoms with Gasteiger partial charge in [-0.15, -0.1) is 0 Å². The van der Waals surface area contributed by atoms with Gasteiger partial charge >= 0.3 is 0 Å². The molecular formula is C14H18N2O3. The number of rotatable bonds is 1. The molecule has 5 heteroatoms. The van der Waals surface area contributed by atoms with Crippen LogP contribution in [0.3, 0.4) is 0 Å². The number of carbonyl (C=O) groups excluding carboxylic acids is 1. The number of piperidine rings is 1. The van der Waals surface area contributed by atoms with E-state index < -0.39 is 0 Å². The third-order valence-electron chi connectivity index (χ3n) is 3.93. The van der Waals surface area contributed by atoms with E-state index in [-0.39, 0.29) is 24.7 Å². The minimum absolute atomic E-state index is 0.0296. The van der Waals surface area contributed by atoms with Gasteiger partial charge in [0.05, 0.1) is 0 Å². The molecule has 2 aliphatic rings. The summed E-state index contributed by atoms with van der Waals surface area (Å²) in [6.45, 7) is 3.26. The summed E-state index contributed by atoms with van der Waals surface area (Å²) in [6, 6.07) is 5.96. The van der Waals surface area contributed by atoms with Crippen LogP contribution in [0.1, 0.15) is 24.8 Å². The summed E-state index contributed by atoms with van der Waals surface area (Å²) in [7, 11) is 0. The third-order valence-corrected chi connectivity index (χ3v) is 3.93. The smallest absolute Gasteiger partial charge is 0.231 e. The maximum Gasteiger partial charge on any atom is 0.231 e. The van der Waals surface area contributed by atoms with Crippen molar-refractivity contribution in [2.45, 2.75) is 25.3 Å². The SMILES string of the molecule is CC(=O)N1CCC(c2ccc3c(c2)OCO3)C(N)C1. The highest BCUT2D eigenvalue weighted by Crippen LogP contribution is 2.37. The van der Waals surface area contributed by atoms with Gasteiger partial charge in [-0.25, -0.2) is 0 Å². The van der Waals surface area contributed by atoms with Gasteiger partial charge in [-0.3, -0.25) is 4.79 Å². The second kappa shape index (κ2) is 4.74. The fraction of sp³-hybridized carbons (Fsp3) is 0.500. The monoisotopic (exact) mass is 262 g/mol. The molecule has 0 aliphatic carbocycles. The summed E-state index contributed by atoms with van der Waals surface area (Å²) in [5.74, 6) is 1.95. The number of hydrogen-bond acceptors (Lipinski definition) is 4. The van der Waals surface area contributed by atoms with Crippen LogP contribution in [-0.4, -0.2) is 36.7 Å². The Bertz CT molecular complexity index is 503. The van der Waals surface area contributed by atoms with Crippen molar-refractivity contribution in [1.29, 1.82) is 0 Å². The lowest BCUT2D eigenvalue weighted by Crippen LogP contribution is -2.48. The number of ether oxygens (including phenoxy) is 2. The van der Waals surface area contributed by atoms with Crippen molar-refractivity contribution in [3.05, 3.63) is 23.8 Å². The Morgan fingerprint density at radius 2 is 2.16 bits per heavy atom. The van der Waals surface area contributed by atoms with E-state index in [1.54, 1.807) is 6.92 Å². The van der Waals surface area contributed by atoms with Crippen molar-refractivity contribution in [3.63, 3.8) is 0 Å². The number of hydrogen-bond donors (Lipinski definition) is 1. The Morgan fingerprint density at radius 1 is 1.37 bits per heavy atom. The lowest BCUT2D eigenvalue weighted by molar-refractivity contribution is -0.130. The van der Waals surface area contributed by atoms with Gasteiger partial charge in [-0.05, 0) is 24.1 Å². The Labute approximate surface area is 112 Å². The lowest BCUT2D eigenvalue weighted by atomic mass is 9.85. The van der Waals surface area contributed by atoms with E-state index in [1.165, 1.54) is 5.56 Å². The molecule has 1 saturated heterocycles. The maximum atomic E-state index is 11.4. The van der Waals surface area contributed by atoms with Crippen molar-refractivity contribution in [3.8, 4) is 11.5 Å². The summed E-state index contributed by atoms with van der Waals surface area (Å²) in [5, 5.41) is 0. The van der Waals surface area contributed by atoms with Gasteiger partial charge in [-0.2, -0.15) is 0 Å². The molecule has 102 valence electrons. The van der Waals surface area contributed by atoms with Gasteiger partial charge < -0.3 is 20.1 Å². The minimum atomic E-state index is -0.0296. The van der Waals surface area contributed by atoms with Gasteiger partial charge in [0.1, 0.15) is 0 Å². The average Bonchev–Trinajstić information content (AvgIpc) is 2.85. The molecule has 0 bridgehead atoms. The molecule has 2 heterocycles. The summed E-state index contributed by atoms with van der Waals surface area (Å²) in [6.07, 6.45) is 0.889. The fourth-order valence-corrected chi connectivity index (χ4v) is 2.83. The van der Waals surface area contributed by atoms with Crippen LogP contribution in [0.15, 0.2) is 18.2 Å². The first-order valence-electron chi connectivity index (χ1n) is 6.56. The van der Waals surface area contributed by atoms with Crippen molar-refractivity contribution in [2.24, 2.45) is 5.73 Å². The van der Waals surface area contributed by atoms with Crippen LogP contribution in [0.2, 0.25) is 0 Å². The summed E-state index contributed by atoms with van der Waals surface area (Å²) >= 11 is 0. The largest absolute Gasteiger partial charge is 0.454 e. The minimum Gasteiger partial charge on any atom is -0.454 e. The first kappa shape index (κ1) is 12.3. The second-order valence-corrected chi connectivity index (χ2v) is 5.14. The Morgan fingerprint density at radius 3 is 2.89 bits per heavy atom. The summed E-state index contributed by atoms with van der Waals surface area (Å²) < 4.78 is 10.7. The second-order valence-electron chi connectivity index (χ2n) is 5.14. The first-order valence-corrected chi connectivity index (χ1v) is 6.56. The van der Waals surface area contributed by atoms with Gasteiger partial charge in [0.2, 0.25) is 12.7 Å². The molecule has 0 spiro atoms. The highest BCUT2D eigenvalue weighted by molar-refractivity contribution is 5.73. The predicted molar refractivity (Wildman–Crippen MR) is 70.2 cm³/mol. The molecule has 2 unspecified atom stereocenters. The van der Waals surface area contributed by atoms with Gasteiger partial charge in [0.15, 0.2) is 11.5 Å².